The summed E-state index contributed by atoms with van der Waals surface area (Å²) >= 11 is 0. The first-order valence-electron chi connectivity index (χ1n) is 25.0. The molecule has 1 aromatic heterocycles. The Kier molecular flexibility index (Phi) is 9.75. The van der Waals surface area contributed by atoms with Gasteiger partial charge in [0.2, 0.25) is 0 Å². The lowest BCUT2D eigenvalue weighted by atomic mass is 9.33. The maximum Gasteiger partial charge on any atom is 0.252 e. The number of fused-ring (bicyclic) bond motifs is 7. The van der Waals surface area contributed by atoms with Crippen LogP contribution in [0.3, 0.4) is 0 Å². The van der Waals surface area contributed by atoms with Gasteiger partial charge in [0, 0.05) is 44.9 Å². The Balaban J connectivity index is 1.10. The van der Waals surface area contributed by atoms with Crippen LogP contribution >= 0.6 is 0 Å². The Labute approximate surface area is 421 Å². The molecule has 0 saturated heterocycles. The third-order valence-electron chi connectivity index (χ3n) is 15.1. The lowest BCUT2D eigenvalue weighted by Crippen LogP contribution is -2.61. The van der Waals surface area contributed by atoms with Gasteiger partial charge in [-0.3, -0.25) is 0 Å². The number of benzene rings is 11. The van der Waals surface area contributed by atoms with Crippen LogP contribution in [0.4, 0.5) is 34.1 Å². The first-order chi connectivity index (χ1) is 35.5. The van der Waals surface area contributed by atoms with E-state index in [4.69, 9.17) is 0 Å². The normalized spacial score (nSPS) is 12.5. The van der Waals surface area contributed by atoms with E-state index in [9.17, 15) is 0 Å². The van der Waals surface area contributed by atoms with Gasteiger partial charge in [0.1, 0.15) is 0 Å². The zero-order chi connectivity index (χ0) is 47.9. The predicted molar refractivity (Wildman–Crippen MR) is 306 cm³/mol. The molecule has 338 valence electrons. The summed E-state index contributed by atoms with van der Waals surface area (Å²) in [6.07, 6.45) is 0. The van der Waals surface area contributed by atoms with Crippen LogP contribution in [0.25, 0.3) is 72.0 Å². The second kappa shape index (κ2) is 16.8. The molecule has 0 radical (unpaired) electrons. The van der Waals surface area contributed by atoms with Gasteiger partial charge < -0.3 is 14.4 Å². The van der Waals surface area contributed by atoms with Gasteiger partial charge in [0.15, 0.2) is 0 Å². The molecule has 0 fully saturated rings. The monoisotopic (exact) mass is 917 g/mol. The molecule has 2 aliphatic rings. The Bertz CT molecular complexity index is 3780. The van der Waals surface area contributed by atoms with Crippen molar-refractivity contribution in [1.29, 1.82) is 0 Å². The van der Waals surface area contributed by atoms with Crippen LogP contribution in [-0.4, -0.2) is 11.3 Å². The van der Waals surface area contributed by atoms with E-state index >= 15 is 0 Å². The van der Waals surface area contributed by atoms with Gasteiger partial charge in [0.05, 0.1) is 16.7 Å². The number of rotatable bonds is 7. The van der Waals surface area contributed by atoms with Crippen molar-refractivity contribution in [3.05, 3.63) is 266 Å². The molecule has 0 amide bonds. The van der Waals surface area contributed by atoms with E-state index in [0.29, 0.717) is 0 Å². The average molecular weight is 918 g/mol. The fourth-order valence-electron chi connectivity index (χ4n) is 11.7. The Morgan fingerprint density at radius 1 is 0.278 bits per heavy atom. The van der Waals surface area contributed by atoms with Crippen LogP contribution in [0.1, 0.15) is 11.1 Å². The summed E-state index contributed by atoms with van der Waals surface area (Å²) < 4.78 is 2.52. The van der Waals surface area contributed by atoms with Crippen molar-refractivity contribution in [2.24, 2.45) is 0 Å². The largest absolute Gasteiger partial charge is 0.311 e. The number of aromatic nitrogens is 1. The maximum atomic E-state index is 2.55. The van der Waals surface area contributed by atoms with Crippen molar-refractivity contribution in [1.82, 2.24) is 4.57 Å². The summed E-state index contributed by atoms with van der Waals surface area (Å²) in [4.78, 5) is 5.09. The van der Waals surface area contributed by atoms with E-state index in [0.717, 1.165) is 28.4 Å². The van der Waals surface area contributed by atoms with E-state index < -0.39 is 0 Å². The quantitative estimate of drug-likeness (QED) is 0.148. The lowest BCUT2D eigenvalue weighted by molar-refractivity contribution is 1.16. The first-order valence-corrected chi connectivity index (χ1v) is 25.0. The zero-order valence-electron chi connectivity index (χ0n) is 40.2. The van der Waals surface area contributed by atoms with Crippen LogP contribution in [0, 0.1) is 13.8 Å². The molecule has 0 saturated carbocycles. The molecular weight excluding hydrogens is 870 g/mol. The number of nitrogens with zero attached hydrogens (tertiary/aromatic N) is 3. The molecule has 14 rings (SSSR count). The second-order valence-corrected chi connectivity index (χ2v) is 19.5. The molecular formula is C68H48BN3. The van der Waals surface area contributed by atoms with E-state index in [2.05, 4.69) is 283 Å². The van der Waals surface area contributed by atoms with Crippen LogP contribution < -0.4 is 26.2 Å². The summed E-state index contributed by atoms with van der Waals surface area (Å²) in [5.74, 6) is 0. The molecule has 11 aromatic carbocycles. The van der Waals surface area contributed by atoms with Crippen molar-refractivity contribution in [3.63, 3.8) is 0 Å². The summed E-state index contributed by atoms with van der Waals surface area (Å²) in [5.41, 5.74) is 26.3. The van der Waals surface area contributed by atoms with Gasteiger partial charge in [-0.2, -0.15) is 0 Å². The van der Waals surface area contributed by atoms with Crippen LogP contribution in [0.15, 0.2) is 255 Å². The highest BCUT2D eigenvalue weighted by Crippen LogP contribution is 2.48. The minimum Gasteiger partial charge on any atom is -0.311 e. The molecule has 0 atom stereocenters. The Morgan fingerprint density at radius 2 is 0.625 bits per heavy atom. The highest BCUT2D eigenvalue weighted by molar-refractivity contribution is 7.00. The standard InChI is InChI=1S/C68H48BN3/c1-45-23-35-58-59-36-24-46(2)40-65(59)72(64(58)39-45)57-43-66-68-67(44-57)71(56-33-27-52(28-34-56)48-17-9-4-10-18-48)63-38-30-54(50-21-13-6-14-22-50)42-61(63)69(68)60-41-53(49-19-11-5-12-20-49)29-37-62(60)70(66)55-31-25-51(26-32-55)47-15-7-3-8-16-47/h3-44H,1-2H3. The molecule has 0 N–H and O–H groups in total. The molecule has 0 aliphatic carbocycles. The zero-order valence-corrected chi connectivity index (χ0v) is 40.2. The number of aryl methyl sites for hydroxylation is 2. The maximum absolute atomic E-state index is 2.55. The second-order valence-electron chi connectivity index (χ2n) is 19.5. The van der Waals surface area contributed by atoms with Crippen LogP contribution in [-0.2, 0) is 0 Å². The van der Waals surface area contributed by atoms with Gasteiger partial charge in [0.25, 0.3) is 6.71 Å². The number of anilines is 6. The van der Waals surface area contributed by atoms with E-state index in [1.165, 1.54) is 105 Å². The molecule has 0 bridgehead atoms. The third kappa shape index (κ3) is 6.82. The molecule has 12 aromatic rings. The molecule has 0 unspecified atom stereocenters. The summed E-state index contributed by atoms with van der Waals surface area (Å²) in [6, 6.07) is 94.6. The van der Waals surface area contributed by atoms with E-state index in [1.54, 1.807) is 0 Å². The van der Waals surface area contributed by atoms with Crippen LogP contribution in [0.2, 0.25) is 0 Å². The first kappa shape index (κ1) is 41.8. The van der Waals surface area contributed by atoms with Crippen molar-refractivity contribution < 1.29 is 0 Å². The molecule has 0 spiro atoms. The summed E-state index contributed by atoms with van der Waals surface area (Å²) in [6.45, 7) is 4.32. The third-order valence-corrected chi connectivity index (χ3v) is 15.1. The summed E-state index contributed by atoms with van der Waals surface area (Å²) in [7, 11) is 0. The van der Waals surface area contributed by atoms with Gasteiger partial charge >= 0.3 is 0 Å². The topological polar surface area (TPSA) is 11.4 Å². The molecule has 3 heterocycles. The molecule has 3 nitrogen and oxygen atoms in total. The summed E-state index contributed by atoms with van der Waals surface area (Å²) in [5, 5.41) is 2.50. The smallest absolute Gasteiger partial charge is 0.252 e. The van der Waals surface area contributed by atoms with Crippen LogP contribution in [0.5, 0.6) is 0 Å². The van der Waals surface area contributed by atoms with Gasteiger partial charge in [-0.25, -0.2) is 0 Å². The Hall–Kier alpha value is -9.12. The molecule has 72 heavy (non-hydrogen) atoms. The highest BCUT2D eigenvalue weighted by atomic mass is 15.2. The minimum atomic E-state index is -0.0938. The molecule has 4 heteroatoms. The number of hydrogen-bond acceptors (Lipinski definition) is 2. The van der Waals surface area contributed by atoms with Gasteiger partial charge in [-0.05, 0) is 147 Å². The predicted octanol–water partition coefficient (Wildman–Crippen LogP) is 16.2. The fraction of sp³-hybridized carbons (Fsp3) is 0.0294. The SMILES string of the molecule is Cc1ccc2c3ccc(C)cc3n(-c3cc4c5c(c3)N(c3ccc(-c6ccccc6)cc3)c3ccc(-c6ccccc6)cc3B5c3cc(-c5ccccc5)ccc3N4c3ccc(-c4ccccc4)cc3)c2c1. The van der Waals surface area contributed by atoms with Gasteiger partial charge in [-0.1, -0.05) is 194 Å². The van der Waals surface area contributed by atoms with E-state index in [1.807, 2.05) is 0 Å². The Morgan fingerprint density at radius 3 is 1.01 bits per heavy atom. The fourth-order valence-corrected chi connectivity index (χ4v) is 11.7. The van der Waals surface area contributed by atoms with Crippen molar-refractivity contribution in [2.45, 2.75) is 13.8 Å². The van der Waals surface area contributed by atoms with Crippen molar-refractivity contribution in [3.8, 4) is 50.2 Å². The average Bonchev–Trinajstić information content (AvgIpc) is 3.75. The van der Waals surface area contributed by atoms with Crippen molar-refractivity contribution in [2.75, 3.05) is 9.80 Å². The van der Waals surface area contributed by atoms with Gasteiger partial charge in [-0.15, -0.1) is 0 Å². The molecule has 2 aliphatic heterocycles. The lowest BCUT2D eigenvalue weighted by Gasteiger charge is -2.44. The highest BCUT2D eigenvalue weighted by Gasteiger charge is 2.44. The minimum absolute atomic E-state index is 0.0938. The number of hydrogen-bond donors (Lipinski definition) is 0. The van der Waals surface area contributed by atoms with Crippen molar-refractivity contribution >= 4 is 79.0 Å². The van der Waals surface area contributed by atoms with E-state index in [-0.39, 0.29) is 6.71 Å².